The number of piperidine rings is 2. The van der Waals surface area contributed by atoms with Crippen LogP contribution in [0.2, 0.25) is 0 Å². The number of carbonyl (C=O) groups excluding carboxylic acids is 2. The molecule has 0 aromatic carbocycles. The van der Waals surface area contributed by atoms with E-state index in [4.69, 9.17) is 8.84 Å². The number of amides is 3. The van der Waals surface area contributed by atoms with Crippen molar-refractivity contribution >= 4 is 24.3 Å². The van der Waals surface area contributed by atoms with Gasteiger partial charge in [-0.2, -0.15) is 9.35 Å². The molecule has 9 heteroatoms. The number of fused-ring (bicyclic) bond motifs is 2. The lowest BCUT2D eigenvalue weighted by Gasteiger charge is -2.51. The van der Waals surface area contributed by atoms with Crippen molar-refractivity contribution in [1.82, 2.24) is 20.6 Å². The van der Waals surface area contributed by atoms with Gasteiger partial charge in [-0.3, -0.25) is 4.79 Å². The van der Waals surface area contributed by atoms with Crippen LogP contribution in [0.1, 0.15) is 38.5 Å². The van der Waals surface area contributed by atoms with E-state index in [0.717, 1.165) is 25.9 Å². The average molecular weight is 356 g/mol. The minimum absolute atomic E-state index is 0.0471. The fraction of sp³-hybridized carbons (Fsp3) is 0.867. The Hall–Kier alpha value is -1.03. The highest BCUT2D eigenvalue weighted by Crippen LogP contribution is 2.48. The molecule has 1 aliphatic carbocycles. The second-order valence-corrected chi connectivity index (χ2v) is 7.82. The van der Waals surface area contributed by atoms with Crippen molar-refractivity contribution in [1.29, 1.82) is 0 Å². The van der Waals surface area contributed by atoms with Crippen LogP contribution in [0.25, 0.3) is 0 Å². The lowest BCUT2D eigenvalue weighted by molar-refractivity contribution is -0.128. The van der Waals surface area contributed by atoms with Crippen molar-refractivity contribution in [2.24, 2.45) is 5.41 Å². The zero-order chi connectivity index (χ0) is 16.7. The summed E-state index contributed by atoms with van der Waals surface area (Å²) in [5, 5.41) is 7.71. The first-order chi connectivity index (χ1) is 11.6. The van der Waals surface area contributed by atoms with Crippen molar-refractivity contribution < 1.29 is 18.4 Å². The third-order valence-electron chi connectivity index (χ3n) is 6.11. The van der Waals surface area contributed by atoms with Crippen LogP contribution in [0.3, 0.4) is 0 Å². The van der Waals surface area contributed by atoms with E-state index < -0.39 is 6.04 Å². The summed E-state index contributed by atoms with van der Waals surface area (Å²) in [6.07, 6.45) is 5.85. The largest absolute Gasteiger partial charge is 0.352 e. The van der Waals surface area contributed by atoms with E-state index in [1.165, 1.54) is 17.9 Å². The Morgan fingerprint density at radius 3 is 2.79 bits per heavy atom. The van der Waals surface area contributed by atoms with E-state index in [1.807, 2.05) is 0 Å². The molecule has 0 aromatic rings. The molecule has 4 aliphatic rings. The van der Waals surface area contributed by atoms with Crippen LogP contribution in [-0.2, 0) is 9.08 Å². The van der Waals surface area contributed by atoms with Crippen LogP contribution in [-0.4, -0.2) is 64.2 Å². The zero-order valence-corrected chi connectivity index (χ0v) is 14.4. The lowest BCUT2D eigenvalue weighted by Crippen LogP contribution is -2.58. The molecule has 1 spiro atoms. The maximum absolute atomic E-state index is 12.6. The number of rotatable bonds is 4. The SMILES string of the molecule is O=C(NC1CC2(CCNCC2)C1)C1CC[C@@H]2CN1C(=O)N2OSO. The maximum atomic E-state index is 12.6. The summed E-state index contributed by atoms with van der Waals surface area (Å²) in [7, 11) is 0. The van der Waals surface area contributed by atoms with Crippen molar-refractivity contribution in [2.45, 2.75) is 56.7 Å². The molecule has 134 valence electrons. The van der Waals surface area contributed by atoms with Crippen LogP contribution >= 0.6 is 12.3 Å². The van der Waals surface area contributed by atoms with E-state index in [-0.39, 0.29) is 36.3 Å². The first-order valence-corrected chi connectivity index (χ1v) is 9.41. The monoisotopic (exact) mass is 356 g/mol. The van der Waals surface area contributed by atoms with Crippen LogP contribution in [0.4, 0.5) is 4.79 Å². The summed E-state index contributed by atoms with van der Waals surface area (Å²) in [5.41, 5.74) is 0.424. The molecule has 3 heterocycles. The number of urea groups is 1. The second kappa shape index (κ2) is 6.36. The topological polar surface area (TPSA) is 94.1 Å². The Balaban J connectivity index is 1.32. The van der Waals surface area contributed by atoms with Gasteiger partial charge in [0.05, 0.1) is 6.04 Å². The highest BCUT2D eigenvalue weighted by molar-refractivity contribution is 7.88. The van der Waals surface area contributed by atoms with Gasteiger partial charge in [-0.1, -0.05) is 0 Å². The second-order valence-electron chi connectivity index (χ2n) is 7.52. The van der Waals surface area contributed by atoms with Crippen LogP contribution < -0.4 is 10.6 Å². The van der Waals surface area contributed by atoms with Crippen molar-refractivity contribution in [3.63, 3.8) is 0 Å². The predicted molar refractivity (Wildman–Crippen MR) is 87.8 cm³/mol. The lowest BCUT2D eigenvalue weighted by atomic mass is 9.60. The Kier molecular flexibility index (Phi) is 4.36. The molecule has 24 heavy (non-hydrogen) atoms. The molecule has 4 rings (SSSR count). The van der Waals surface area contributed by atoms with Gasteiger partial charge < -0.3 is 20.1 Å². The van der Waals surface area contributed by atoms with E-state index in [0.29, 0.717) is 24.8 Å². The van der Waals surface area contributed by atoms with Crippen LogP contribution in [0.15, 0.2) is 0 Å². The quantitative estimate of drug-likeness (QED) is 0.650. The number of hydroxylamine groups is 2. The molecule has 3 saturated heterocycles. The normalized spacial score (nSPS) is 32.1. The molecule has 2 bridgehead atoms. The van der Waals surface area contributed by atoms with Crippen molar-refractivity contribution in [2.75, 3.05) is 19.6 Å². The summed E-state index contributed by atoms with van der Waals surface area (Å²) >= 11 is 0.170. The number of nitrogens with one attached hydrogen (secondary N) is 2. The van der Waals surface area contributed by atoms with E-state index in [1.54, 1.807) is 4.90 Å². The highest BCUT2D eigenvalue weighted by Gasteiger charge is 2.50. The molecule has 3 amide bonds. The molecule has 4 fully saturated rings. The molecule has 1 unspecified atom stereocenters. The molecular formula is C15H24N4O4S. The van der Waals surface area contributed by atoms with Gasteiger partial charge in [0.1, 0.15) is 6.04 Å². The molecule has 2 atom stereocenters. The third-order valence-corrected chi connectivity index (χ3v) is 6.34. The third kappa shape index (κ3) is 2.77. The summed E-state index contributed by atoms with van der Waals surface area (Å²) < 4.78 is 13.7. The molecular weight excluding hydrogens is 332 g/mol. The Labute approximate surface area is 145 Å². The Bertz CT molecular complexity index is 520. The van der Waals surface area contributed by atoms with Crippen LogP contribution in [0.5, 0.6) is 0 Å². The van der Waals surface area contributed by atoms with Gasteiger partial charge in [0.25, 0.3) is 0 Å². The van der Waals surface area contributed by atoms with Gasteiger partial charge in [-0.25, -0.2) is 4.79 Å². The fourth-order valence-corrected chi connectivity index (χ4v) is 5.05. The van der Waals surface area contributed by atoms with E-state index >= 15 is 0 Å². The summed E-state index contributed by atoms with van der Waals surface area (Å²) in [5.74, 6) is -0.0471. The maximum Gasteiger partial charge on any atom is 0.346 e. The summed E-state index contributed by atoms with van der Waals surface area (Å²) in [6.45, 7) is 2.63. The Morgan fingerprint density at radius 1 is 1.33 bits per heavy atom. The molecule has 0 radical (unpaired) electrons. The fourth-order valence-electron chi connectivity index (χ4n) is 4.79. The standard InChI is InChI=1S/C15H24N4O4S/c20-13(17-10-7-15(8-10)3-5-16-6-4-15)12-2-1-11-9-18(12)14(21)19(11)23-24-22/h10-12,16,22H,1-9H2,(H,17,20)/t11-,12?/m1/s1. The smallest absolute Gasteiger partial charge is 0.346 e. The van der Waals surface area contributed by atoms with Gasteiger partial charge in [-0.05, 0) is 57.0 Å². The molecule has 3 aliphatic heterocycles. The van der Waals surface area contributed by atoms with E-state index in [9.17, 15) is 9.59 Å². The minimum Gasteiger partial charge on any atom is -0.352 e. The van der Waals surface area contributed by atoms with Gasteiger partial charge in [0.2, 0.25) is 5.91 Å². The van der Waals surface area contributed by atoms with Gasteiger partial charge in [0.15, 0.2) is 12.3 Å². The number of hydrogen-bond donors (Lipinski definition) is 3. The molecule has 3 N–H and O–H groups in total. The Morgan fingerprint density at radius 2 is 2.08 bits per heavy atom. The minimum atomic E-state index is -0.421. The highest BCUT2D eigenvalue weighted by atomic mass is 32.2. The summed E-state index contributed by atoms with van der Waals surface area (Å²) in [6, 6.07) is -0.590. The number of hydrogen-bond acceptors (Lipinski definition) is 6. The number of carbonyl (C=O) groups is 2. The van der Waals surface area contributed by atoms with Crippen molar-refractivity contribution in [3.8, 4) is 0 Å². The van der Waals surface area contributed by atoms with Gasteiger partial charge in [-0.15, -0.1) is 0 Å². The first kappa shape index (κ1) is 16.4. The molecule has 0 aromatic heterocycles. The number of nitrogens with zero attached hydrogens (tertiary/aromatic N) is 2. The summed E-state index contributed by atoms with van der Waals surface area (Å²) in [4.78, 5) is 26.5. The molecule has 1 saturated carbocycles. The van der Waals surface area contributed by atoms with Gasteiger partial charge >= 0.3 is 6.03 Å². The van der Waals surface area contributed by atoms with Crippen LogP contribution in [0, 0.1) is 5.41 Å². The van der Waals surface area contributed by atoms with Crippen molar-refractivity contribution in [3.05, 3.63) is 0 Å². The average Bonchev–Trinajstić information content (AvgIpc) is 2.80. The zero-order valence-electron chi connectivity index (χ0n) is 13.6. The van der Waals surface area contributed by atoms with Gasteiger partial charge in [0, 0.05) is 12.6 Å². The first-order valence-electron chi connectivity index (χ1n) is 8.71. The predicted octanol–water partition coefficient (Wildman–Crippen LogP) is 0.956. The molecule has 8 nitrogen and oxygen atoms in total. The van der Waals surface area contributed by atoms with E-state index in [2.05, 4.69) is 10.6 Å².